The highest BCUT2D eigenvalue weighted by Crippen LogP contribution is 2.25. The number of anilines is 1. The molecule has 0 spiro atoms. The molecule has 2 N–H and O–H groups in total. The monoisotopic (exact) mass is 455 g/mol. The molecule has 1 aromatic carbocycles. The molecule has 10 nitrogen and oxygen atoms in total. The van der Waals surface area contributed by atoms with Crippen molar-refractivity contribution in [1.82, 2.24) is 18.6 Å². The number of imidazole rings is 1. The molecule has 1 saturated heterocycles. The zero-order valence-corrected chi connectivity index (χ0v) is 18.5. The molecule has 0 saturated carbocycles. The predicted octanol–water partition coefficient (Wildman–Crippen LogP) is 1.15. The van der Waals surface area contributed by atoms with Crippen LogP contribution in [0.1, 0.15) is 25.3 Å². The Morgan fingerprint density at radius 2 is 1.77 bits per heavy atom. The third kappa shape index (κ3) is 4.56. The van der Waals surface area contributed by atoms with Crippen LogP contribution in [0.3, 0.4) is 0 Å². The van der Waals surface area contributed by atoms with Gasteiger partial charge in [0, 0.05) is 38.3 Å². The first-order valence-electron chi connectivity index (χ1n) is 9.55. The van der Waals surface area contributed by atoms with Gasteiger partial charge in [-0.05, 0) is 37.1 Å². The molecular weight excluding hydrogens is 430 g/mol. The lowest BCUT2D eigenvalue weighted by Gasteiger charge is -2.22. The Labute approximate surface area is 176 Å². The van der Waals surface area contributed by atoms with Crippen LogP contribution in [0, 0.1) is 6.92 Å². The average molecular weight is 456 g/mol. The zero-order valence-electron chi connectivity index (χ0n) is 16.8. The Hall–Kier alpha value is -2.28. The summed E-state index contributed by atoms with van der Waals surface area (Å²) in [4.78, 5) is 18.0. The van der Waals surface area contributed by atoms with Gasteiger partial charge in [-0.25, -0.2) is 21.8 Å². The van der Waals surface area contributed by atoms with Gasteiger partial charge in [-0.2, -0.15) is 8.61 Å². The van der Waals surface area contributed by atoms with Crippen molar-refractivity contribution in [1.29, 1.82) is 0 Å². The summed E-state index contributed by atoms with van der Waals surface area (Å²) in [7, 11) is -7.56. The summed E-state index contributed by atoms with van der Waals surface area (Å²) in [5.41, 5.74) is 1.04. The predicted molar refractivity (Wildman–Crippen MR) is 111 cm³/mol. The SMILES string of the molecule is CCC(=O)Nc1ccc(S(=O)(=O)N2CCCN(S(=O)(=O)c3cnc[nH]3)CC2)c(C)c1. The second kappa shape index (κ2) is 8.84. The Kier molecular flexibility index (Phi) is 6.60. The molecule has 0 atom stereocenters. The van der Waals surface area contributed by atoms with Crippen molar-refractivity contribution >= 4 is 31.6 Å². The third-order valence-corrected chi connectivity index (χ3v) is 8.79. The number of aromatic amines is 1. The van der Waals surface area contributed by atoms with Crippen LogP contribution in [0.4, 0.5) is 5.69 Å². The van der Waals surface area contributed by atoms with Crippen molar-refractivity contribution in [3.63, 3.8) is 0 Å². The maximum Gasteiger partial charge on any atom is 0.260 e. The number of rotatable bonds is 6. The van der Waals surface area contributed by atoms with E-state index in [1.165, 1.54) is 27.2 Å². The zero-order chi connectivity index (χ0) is 21.9. The van der Waals surface area contributed by atoms with E-state index in [1.54, 1.807) is 26.0 Å². The first kappa shape index (κ1) is 22.4. The molecule has 2 aromatic rings. The van der Waals surface area contributed by atoms with Crippen molar-refractivity contribution in [3.8, 4) is 0 Å². The topological polar surface area (TPSA) is 133 Å². The second-order valence-corrected chi connectivity index (χ2v) is 10.8. The highest BCUT2D eigenvalue weighted by Gasteiger charge is 2.32. The number of carbonyl (C=O) groups is 1. The van der Waals surface area contributed by atoms with Crippen LogP contribution in [-0.2, 0) is 24.8 Å². The average Bonchev–Trinajstić information content (AvgIpc) is 3.12. The van der Waals surface area contributed by atoms with Crippen LogP contribution < -0.4 is 5.32 Å². The number of amides is 1. The minimum absolute atomic E-state index is 0.0145. The van der Waals surface area contributed by atoms with Gasteiger partial charge < -0.3 is 10.3 Å². The number of H-pyrrole nitrogens is 1. The largest absolute Gasteiger partial charge is 0.335 e. The van der Waals surface area contributed by atoms with Crippen LogP contribution >= 0.6 is 0 Å². The van der Waals surface area contributed by atoms with Crippen molar-refractivity contribution in [2.75, 3.05) is 31.5 Å². The molecule has 2 heterocycles. The maximum absolute atomic E-state index is 13.2. The lowest BCUT2D eigenvalue weighted by atomic mass is 10.2. The quantitative estimate of drug-likeness (QED) is 0.671. The van der Waals surface area contributed by atoms with Crippen molar-refractivity contribution in [2.45, 2.75) is 36.6 Å². The summed E-state index contributed by atoms with van der Waals surface area (Å²) in [5, 5.41) is 2.69. The number of nitrogens with one attached hydrogen (secondary N) is 2. The van der Waals surface area contributed by atoms with E-state index in [4.69, 9.17) is 0 Å². The molecule has 1 aliphatic rings. The molecule has 0 unspecified atom stereocenters. The van der Waals surface area contributed by atoms with Crippen LogP contribution in [0.2, 0.25) is 0 Å². The first-order valence-corrected chi connectivity index (χ1v) is 12.4. The van der Waals surface area contributed by atoms with Gasteiger partial charge in [0.2, 0.25) is 15.9 Å². The minimum atomic E-state index is -3.81. The number of carbonyl (C=O) groups excluding carboxylic acids is 1. The molecule has 1 fully saturated rings. The van der Waals surface area contributed by atoms with E-state index < -0.39 is 20.0 Å². The van der Waals surface area contributed by atoms with Gasteiger partial charge in [0.05, 0.1) is 17.4 Å². The van der Waals surface area contributed by atoms with E-state index in [0.29, 0.717) is 24.1 Å². The van der Waals surface area contributed by atoms with Gasteiger partial charge in [-0.1, -0.05) is 6.92 Å². The molecule has 0 bridgehead atoms. The third-order valence-electron chi connectivity index (χ3n) is 4.90. The fraction of sp³-hybridized carbons (Fsp3) is 0.444. The first-order chi connectivity index (χ1) is 14.2. The number of aryl methyl sites for hydroxylation is 1. The molecule has 1 aromatic heterocycles. The lowest BCUT2D eigenvalue weighted by molar-refractivity contribution is -0.115. The Bertz CT molecular complexity index is 1110. The van der Waals surface area contributed by atoms with Gasteiger partial charge in [0.1, 0.15) is 0 Å². The lowest BCUT2D eigenvalue weighted by Crippen LogP contribution is -2.37. The maximum atomic E-state index is 13.2. The number of benzene rings is 1. The van der Waals surface area contributed by atoms with Crippen molar-refractivity contribution < 1.29 is 21.6 Å². The van der Waals surface area contributed by atoms with Crippen molar-refractivity contribution in [3.05, 3.63) is 36.3 Å². The highest BCUT2D eigenvalue weighted by molar-refractivity contribution is 7.89. The Balaban J connectivity index is 1.78. The Morgan fingerprint density at radius 3 is 2.33 bits per heavy atom. The molecule has 164 valence electrons. The molecule has 0 radical (unpaired) electrons. The molecule has 12 heteroatoms. The van der Waals surface area contributed by atoms with Crippen LogP contribution in [0.5, 0.6) is 0 Å². The molecule has 30 heavy (non-hydrogen) atoms. The Morgan fingerprint density at radius 1 is 1.10 bits per heavy atom. The van der Waals surface area contributed by atoms with E-state index in [2.05, 4.69) is 15.3 Å². The number of sulfonamides is 2. The summed E-state index contributed by atoms with van der Waals surface area (Å²) in [6.07, 6.45) is 3.22. The number of hydrogen-bond acceptors (Lipinski definition) is 6. The number of hydrogen-bond donors (Lipinski definition) is 2. The standard InChI is InChI=1S/C18H25N5O5S2/c1-3-17(24)21-15-5-6-16(14(2)11-15)29(25,26)22-7-4-8-23(10-9-22)30(27,28)18-12-19-13-20-18/h5-6,11-13H,3-4,7-10H2,1-2H3,(H,19,20)(H,21,24). The molecular formula is C18H25N5O5S2. The van der Waals surface area contributed by atoms with Crippen LogP contribution in [0.15, 0.2) is 40.6 Å². The van der Waals surface area contributed by atoms with Crippen LogP contribution in [0.25, 0.3) is 0 Å². The summed E-state index contributed by atoms with van der Waals surface area (Å²) in [6, 6.07) is 4.65. The van der Waals surface area contributed by atoms with E-state index in [-0.39, 0.29) is 42.0 Å². The van der Waals surface area contributed by atoms with E-state index in [9.17, 15) is 21.6 Å². The molecule has 1 aliphatic heterocycles. The second-order valence-electron chi connectivity index (χ2n) is 6.96. The summed E-state index contributed by atoms with van der Waals surface area (Å²) >= 11 is 0. The highest BCUT2D eigenvalue weighted by atomic mass is 32.2. The fourth-order valence-electron chi connectivity index (χ4n) is 3.28. The number of nitrogens with zero attached hydrogens (tertiary/aromatic N) is 3. The van der Waals surface area contributed by atoms with Gasteiger partial charge in [-0.15, -0.1) is 0 Å². The summed E-state index contributed by atoms with van der Waals surface area (Å²) < 4.78 is 54.3. The van der Waals surface area contributed by atoms with E-state index in [0.717, 1.165) is 0 Å². The molecule has 1 amide bonds. The fourth-order valence-corrected chi connectivity index (χ4v) is 6.32. The number of aromatic nitrogens is 2. The smallest absolute Gasteiger partial charge is 0.260 e. The van der Waals surface area contributed by atoms with Gasteiger partial charge in [0.15, 0.2) is 5.03 Å². The molecule has 0 aliphatic carbocycles. The summed E-state index contributed by atoms with van der Waals surface area (Å²) in [6.45, 7) is 3.92. The van der Waals surface area contributed by atoms with Crippen LogP contribution in [-0.4, -0.2) is 67.5 Å². The van der Waals surface area contributed by atoms with Gasteiger partial charge >= 0.3 is 0 Å². The molecule has 3 rings (SSSR count). The van der Waals surface area contributed by atoms with E-state index in [1.807, 2.05) is 0 Å². The van der Waals surface area contributed by atoms with Crippen molar-refractivity contribution in [2.24, 2.45) is 0 Å². The normalized spacial score (nSPS) is 16.9. The van der Waals surface area contributed by atoms with E-state index >= 15 is 0 Å². The minimum Gasteiger partial charge on any atom is -0.335 e. The van der Waals surface area contributed by atoms with Gasteiger partial charge in [-0.3, -0.25) is 4.79 Å². The summed E-state index contributed by atoms with van der Waals surface area (Å²) in [5.74, 6) is -0.156. The van der Waals surface area contributed by atoms with Gasteiger partial charge in [0.25, 0.3) is 10.0 Å².